The maximum Gasteiger partial charge on any atom is 0.340 e. The van der Waals surface area contributed by atoms with E-state index in [2.05, 4.69) is 4.98 Å². The minimum atomic E-state index is -0.735. The third kappa shape index (κ3) is 3.34. The number of aromatic nitrogens is 1. The molecule has 0 radical (unpaired) electrons. The van der Waals surface area contributed by atoms with Crippen molar-refractivity contribution in [3.05, 3.63) is 75.1 Å². The molecule has 0 fully saturated rings. The summed E-state index contributed by atoms with van der Waals surface area (Å²) in [4.78, 5) is 46.0. The molecule has 8 heteroatoms. The second kappa shape index (κ2) is 6.94. The molecule has 1 aliphatic rings. The summed E-state index contributed by atoms with van der Waals surface area (Å²) in [5, 5.41) is 3.45. The van der Waals surface area contributed by atoms with Crippen LogP contribution in [0.15, 0.2) is 53.9 Å². The topological polar surface area (TPSA) is 76.6 Å². The molecule has 0 spiro atoms. The van der Waals surface area contributed by atoms with Crippen molar-refractivity contribution >= 4 is 40.7 Å². The number of carbonyl (C=O) groups excluding carboxylic acids is 3. The van der Waals surface area contributed by atoms with Crippen molar-refractivity contribution in [1.82, 2.24) is 10.0 Å². The fraction of sp³-hybridized carbons (Fsp3) is 0.0526. The van der Waals surface area contributed by atoms with Crippen LogP contribution in [0.1, 0.15) is 25.7 Å². The highest BCUT2D eigenvalue weighted by Crippen LogP contribution is 2.25. The molecule has 134 valence electrons. The van der Waals surface area contributed by atoms with Crippen LogP contribution in [-0.2, 0) is 16.1 Å². The number of nitrogens with zero attached hydrogens (tertiary/aromatic N) is 2. The third-order valence-corrected chi connectivity index (χ3v) is 5.04. The summed E-state index contributed by atoms with van der Waals surface area (Å²) in [6.45, 7) is 0. The number of thiazole rings is 1. The van der Waals surface area contributed by atoms with E-state index in [-0.39, 0.29) is 17.5 Å². The van der Waals surface area contributed by atoms with E-state index in [1.807, 2.05) is 17.5 Å². The molecule has 0 saturated carbocycles. The molecule has 2 aromatic carbocycles. The molecule has 1 aromatic heterocycles. The molecule has 0 unspecified atom stereocenters. The molecule has 0 atom stereocenters. The first kappa shape index (κ1) is 17.4. The molecule has 0 aliphatic carbocycles. The van der Waals surface area contributed by atoms with Crippen LogP contribution in [0.4, 0.5) is 0 Å². The van der Waals surface area contributed by atoms with Crippen LogP contribution in [0.2, 0.25) is 5.02 Å². The summed E-state index contributed by atoms with van der Waals surface area (Å²) < 4.78 is 0. The van der Waals surface area contributed by atoms with Crippen LogP contribution < -0.4 is 0 Å². The molecule has 0 N–H and O–H groups in total. The lowest BCUT2D eigenvalue weighted by atomic mass is 10.1. The summed E-state index contributed by atoms with van der Waals surface area (Å²) in [7, 11) is 0. The zero-order valence-corrected chi connectivity index (χ0v) is 15.3. The Morgan fingerprint density at radius 1 is 1.04 bits per heavy atom. The van der Waals surface area contributed by atoms with E-state index in [0.29, 0.717) is 20.8 Å². The van der Waals surface area contributed by atoms with E-state index in [1.54, 1.807) is 24.3 Å². The summed E-state index contributed by atoms with van der Waals surface area (Å²) in [5.74, 6) is -2.03. The second-order valence-electron chi connectivity index (χ2n) is 5.72. The number of halogens is 1. The average Bonchev–Trinajstić information content (AvgIpc) is 3.22. The van der Waals surface area contributed by atoms with Crippen molar-refractivity contribution in [2.75, 3.05) is 0 Å². The number of benzene rings is 2. The van der Waals surface area contributed by atoms with Crippen molar-refractivity contribution in [3.8, 4) is 11.3 Å². The van der Waals surface area contributed by atoms with E-state index in [9.17, 15) is 14.4 Å². The quantitative estimate of drug-likeness (QED) is 0.625. The SMILES string of the molecule is O=C(Cc1nc(-c2ccc(Cl)cc2)cs1)ON1C(=O)c2ccccc2C1=O. The standard InChI is InChI=1S/C19H11ClN2O4S/c20-12-7-5-11(6-8-12)15-10-27-16(21-15)9-17(23)26-22-18(24)13-3-1-2-4-14(13)19(22)25/h1-8,10H,9H2. The van der Waals surface area contributed by atoms with Gasteiger partial charge in [0.05, 0.1) is 16.8 Å². The van der Waals surface area contributed by atoms with E-state index in [0.717, 1.165) is 5.56 Å². The summed E-state index contributed by atoms with van der Waals surface area (Å²) >= 11 is 7.16. The van der Waals surface area contributed by atoms with Gasteiger partial charge in [0, 0.05) is 16.0 Å². The lowest BCUT2D eigenvalue weighted by molar-refractivity contribution is -0.167. The molecule has 2 amide bonds. The van der Waals surface area contributed by atoms with E-state index in [1.165, 1.54) is 23.5 Å². The van der Waals surface area contributed by atoms with Gasteiger partial charge in [0.2, 0.25) is 0 Å². The maximum atomic E-state index is 12.2. The number of hydroxylamine groups is 2. The van der Waals surface area contributed by atoms with Crippen molar-refractivity contribution in [1.29, 1.82) is 0 Å². The van der Waals surface area contributed by atoms with Crippen molar-refractivity contribution in [3.63, 3.8) is 0 Å². The first-order chi connectivity index (χ1) is 13.0. The fourth-order valence-electron chi connectivity index (χ4n) is 2.65. The number of carbonyl (C=O) groups is 3. The van der Waals surface area contributed by atoms with Gasteiger partial charge in [-0.15, -0.1) is 11.3 Å². The Balaban J connectivity index is 1.44. The van der Waals surface area contributed by atoms with Gasteiger partial charge < -0.3 is 4.84 Å². The molecule has 0 saturated heterocycles. The number of rotatable bonds is 4. The molecule has 4 rings (SSSR count). The molecule has 2 heterocycles. The van der Waals surface area contributed by atoms with Gasteiger partial charge in [-0.1, -0.05) is 40.9 Å². The Labute approximate surface area is 162 Å². The lowest BCUT2D eigenvalue weighted by Gasteiger charge is -2.11. The van der Waals surface area contributed by atoms with Gasteiger partial charge in [-0.05, 0) is 24.3 Å². The molecule has 0 bridgehead atoms. The largest absolute Gasteiger partial charge is 0.340 e. The molecule has 1 aliphatic heterocycles. The summed E-state index contributed by atoms with van der Waals surface area (Å²) in [6.07, 6.45) is -0.147. The highest BCUT2D eigenvalue weighted by molar-refractivity contribution is 7.10. The summed E-state index contributed by atoms with van der Waals surface area (Å²) in [5.41, 5.74) is 2.01. The Morgan fingerprint density at radius 2 is 1.67 bits per heavy atom. The number of amides is 2. The predicted octanol–water partition coefficient (Wildman–Crippen LogP) is 3.76. The average molecular weight is 399 g/mol. The monoisotopic (exact) mass is 398 g/mol. The Morgan fingerprint density at radius 3 is 2.30 bits per heavy atom. The summed E-state index contributed by atoms with van der Waals surface area (Å²) in [6, 6.07) is 13.5. The van der Waals surface area contributed by atoms with Gasteiger partial charge >= 0.3 is 5.97 Å². The highest BCUT2D eigenvalue weighted by Gasteiger charge is 2.38. The van der Waals surface area contributed by atoms with Crippen LogP contribution in [0.3, 0.4) is 0 Å². The second-order valence-corrected chi connectivity index (χ2v) is 7.10. The van der Waals surface area contributed by atoms with Crippen LogP contribution in [0.25, 0.3) is 11.3 Å². The Bertz CT molecular complexity index is 1030. The van der Waals surface area contributed by atoms with Gasteiger partial charge in [0.1, 0.15) is 11.4 Å². The highest BCUT2D eigenvalue weighted by atomic mass is 35.5. The first-order valence-corrected chi connectivity index (χ1v) is 9.17. The predicted molar refractivity (Wildman–Crippen MR) is 99.3 cm³/mol. The van der Waals surface area contributed by atoms with Gasteiger partial charge in [-0.3, -0.25) is 9.59 Å². The third-order valence-electron chi connectivity index (χ3n) is 3.94. The normalized spacial score (nSPS) is 13.0. The molecular weight excluding hydrogens is 388 g/mol. The number of fused-ring (bicyclic) bond motifs is 1. The van der Waals surface area contributed by atoms with Gasteiger partial charge in [0.25, 0.3) is 11.8 Å². The van der Waals surface area contributed by atoms with Crippen molar-refractivity contribution in [2.24, 2.45) is 0 Å². The van der Waals surface area contributed by atoms with Crippen LogP contribution in [-0.4, -0.2) is 27.8 Å². The zero-order valence-electron chi connectivity index (χ0n) is 13.7. The first-order valence-electron chi connectivity index (χ1n) is 7.92. The van der Waals surface area contributed by atoms with E-state index in [4.69, 9.17) is 16.4 Å². The number of imide groups is 1. The number of hydrogen-bond acceptors (Lipinski definition) is 6. The fourth-order valence-corrected chi connectivity index (χ4v) is 3.57. The number of hydrogen-bond donors (Lipinski definition) is 0. The molecule has 3 aromatic rings. The van der Waals surface area contributed by atoms with Gasteiger partial charge in [0.15, 0.2) is 0 Å². The van der Waals surface area contributed by atoms with Gasteiger partial charge in [-0.25, -0.2) is 9.78 Å². The van der Waals surface area contributed by atoms with E-state index >= 15 is 0 Å². The molecular formula is C19H11ClN2O4S. The Kier molecular flexibility index (Phi) is 4.47. The van der Waals surface area contributed by atoms with Gasteiger partial charge in [-0.2, -0.15) is 0 Å². The van der Waals surface area contributed by atoms with Crippen LogP contribution in [0.5, 0.6) is 0 Å². The molecule has 6 nitrogen and oxygen atoms in total. The minimum Gasteiger partial charge on any atom is -0.329 e. The zero-order chi connectivity index (χ0) is 19.0. The minimum absolute atomic E-state index is 0.147. The van der Waals surface area contributed by atoms with E-state index < -0.39 is 17.8 Å². The maximum absolute atomic E-state index is 12.2. The smallest absolute Gasteiger partial charge is 0.329 e. The van der Waals surface area contributed by atoms with Crippen LogP contribution in [0, 0.1) is 0 Å². The van der Waals surface area contributed by atoms with Crippen molar-refractivity contribution < 1.29 is 19.2 Å². The van der Waals surface area contributed by atoms with Crippen LogP contribution >= 0.6 is 22.9 Å². The Hall–Kier alpha value is -3.03. The molecule has 27 heavy (non-hydrogen) atoms. The lowest BCUT2D eigenvalue weighted by Crippen LogP contribution is -2.33. The van der Waals surface area contributed by atoms with Crippen molar-refractivity contribution in [2.45, 2.75) is 6.42 Å².